The molecule has 0 amide bonds. The molecule has 4 aromatic carbocycles. The van der Waals surface area contributed by atoms with Gasteiger partial charge in [-0.1, -0.05) is 48.5 Å². The highest BCUT2D eigenvalue weighted by molar-refractivity contribution is 9.11. The van der Waals surface area contributed by atoms with Gasteiger partial charge in [0.05, 0.1) is 20.6 Å². The number of nitrogens with zero attached hydrogens (tertiary/aromatic N) is 1. The van der Waals surface area contributed by atoms with E-state index in [1.54, 1.807) is 12.1 Å². The number of ether oxygens (including phenoxy) is 1. The van der Waals surface area contributed by atoms with E-state index < -0.39 is 0 Å². The Morgan fingerprint density at radius 2 is 1.58 bits per heavy atom. The minimum atomic E-state index is -0.276. The Morgan fingerprint density at radius 1 is 0.903 bits per heavy atom. The van der Waals surface area contributed by atoms with E-state index in [0.29, 0.717) is 17.9 Å². The van der Waals surface area contributed by atoms with Gasteiger partial charge in [0.15, 0.2) is 0 Å². The van der Waals surface area contributed by atoms with Crippen LogP contribution in [0, 0.1) is 17.1 Å². The van der Waals surface area contributed by atoms with Gasteiger partial charge < -0.3 is 4.74 Å². The number of benzene rings is 4. The van der Waals surface area contributed by atoms with Gasteiger partial charge in [0.2, 0.25) is 0 Å². The zero-order valence-corrected chi connectivity index (χ0v) is 19.5. The Hall–Kier alpha value is -2.94. The van der Waals surface area contributed by atoms with E-state index in [4.69, 9.17) is 4.74 Å². The first-order valence-corrected chi connectivity index (χ1v) is 11.1. The molecule has 0 fully saturated rings. The summed E-state index contributed by atoms with van der Waals surface area (Å²) < 4.78 is 20.5. The van der Waals surface area contributed by atoms with Crippen molar-refractivity contribution in [3.63, 3.8) is 0 Å². The number of halogens is 3. The minimum absolute atomic E-state index is 0.276. The molecule has 4 aromatic rings. The topological polar surface area (TPSA) is 33.0 Å². The third-order valence-electron chi connectivity index (χ3n) is 4.81. The van der Waals surface area contributed by atoms with E-state index in [1.165, 1.54) is 12.1 Å². The zero-order chi connectivity index (χ0) is 21.8. The molecule has 0 unspecified atom stereocenters. The summed E-state index contributed by atoms with van der Waals surface area (Å²) in [4.78, 5) is 0. The second-order valence-corrected chi connectivity index (χ2v) is 8.67. The van der Waals surface area contributed by atoms with Crippen LogP contribution in [0.4, 0.5) is 4.39 Å². The van der Waals surface area contributed by atoms with Crippen molar-refractivity contribution in [1.82, 2.24) is 0 Å². The standard InChI is InChI=1S/C26H16Br2FNO/c27-24-12-18(13-25(28)26(24)31-16-17-5-9-23(29)10-6-17)11-22(15-30)21-8-7-19-3-1-2-4-20(19)14-21/h1-14H,16H2/b22-11-. The Labute approximate surface area is 196 Å². The average molecular weight is 537 g/mol. The van der Waals surface area contributed by atoms with Crippen LogP contribution in [0.25, 0.3) is 22.4 Å². The Morgan fingerprint density at radius 3 is 2.26 bits per heavy atom. The highest BCUT2D eigenvalue weighted by atomic mass is 79.9. The molecule has 5 heteroatoms. The van der Waals surface area contributed by atoms with Crippen molar-refractivity contribution >= 4 is 54.3 Å². The monoisotopic (exact) mass is 535 g/mol. The normalized spacial score (nSPS) is 11.4. The molecule has 152 valence electrons. The fourth-order valence-electron chi connectivity index (χ4n) is 3.24. The number of nitriles is 1. The van der Waals surface area contributed by atoms with E-state index in [-0.39, 0.29) is 5.82 Å². The van der Waals surface area contributed by atoms with Gasteiger partial charge in [-0.3, -0.25) is 0 Å². The first-order valence-electron chi connectivity index (χ1n) is 9.51. The van der Waals surface area contributed by atoms with Gasteiger partial charge >= 0.3 is 0 Å². The van der Waals surface area contributed by atoms with E-state index >= 15 is 0 Å². The van der Waals surface area contributed by atoms with Crippen molar-refractivity contribution in [3.8, 4) is 11.8 Å². The number of hydrogen-bond acceptors (Lipinski definition) is 2. The van der Waals surface area contributed by atoms with Crippen molar-refractivity contribution < 1.29 is 9.13 Å². The molecule has 0 heterocycles. The van der Waals surface area contributed by atoms with Gasteiger partial charge in [-0.15, -0.1) is 0 Å². The molecule has 0 aromatic heterocycles. The van der Waals surface area contributed by atoms with Crippen molar-refractivity contribution in [1.29, 1.82) is 5.26 Å². The van der Waals surface area contributed by atoms with Crippen LogP contribution < -0.4 is 4.74 Å². The maximum absolute atomic E-state index is 13.1. The summed E-state index contributed by atoms with van der Waals surface area (Å²) in [6, 6.07) is 26.4. The zero-order valence-electron chi connectivity index (χ0n) is 16.3. The van der Waals surface area contributed by atoms with Crippen LogP contribution >= 0.6 is 31.9 Å². The van der Waals surface area contributed by atoms with Crippen LogP contribution in [-0.4, -0.2) is 0 Å². The van der Waals surface area contributed by atoms with E-state index in [0.717, 1.165) is 36.4 Å². The number of fused-ring (bicyclic) bond motifs is 1. The molecule has 0 radical (unpaired) electrons. The molecule has 0 bridgehead atoms. The fraction of sp³-hybridized carbons (Fsp3) is 0.0385. The molecule has 0 atom stereocenters. The molecule has 0 saturated heterocycles. The van der Waals surface area contributed by atoms with Crippen molar-refractivity contribution in [2.45, 2.75) is 6.61 Å². The molecule has 0 aliphatic rings. The number of rotatable bonds is 5. The lowest BCUT2D eigenvalue weighted by Gasteiger charge is -2.12. The highest BCUT2D eigenvalue weighted by Gasteiger charge is 2.10. The van der Waals surface area contributed by atoms with Crippen LogP contribution in [0.2, 0.25) is 0 Å². The summed E-state index contributed by atoms with van der Waals surface area (Å²) in [5.41, 5.74) is 3.17. The van der Waals surface area contributed by atoms with Crippen LogP contribution in [0.5, 0.6) is 5.75 Å². The van der Waals surface area contributed by atoms with Gasteiger partial charge in [0, 0.05) is 0 Å². The van der Waals surface area contributed by atoms with Gasteiger partial charge in [0.1, 0.15) is 18.2 Å². The van der Waals surface area contributed by atoms with Crippen LogP contribution in [-0.2, 0) is 6.61 Å². The Kier molecular flexibility index (Phi) is 6.50. The lowest BCUT2D eigenvalue weighted by molar-refractivity contribution is 0.302. The predicted octanol–water partition coefficient (Wildman–Crippen LogP) is 8.15. The van der Waals surface area contributed by atoms with Gasteiger partial charge in [-0.05, 0) is 95.7 Å². The molecule has 31 heavy (non-hydrogen) atoms. The van der Waals surface area contributed by atoms with E-state index in [1.807, 2.05) is 60.7 Å². The van der Waals surface area contributed by atoms with Gasteiger partial charge in [-0.2, -0.15) is 5.26 Å². The molecular weight excluding hydrogens is 521 g/mol. The molecule has 0 N–H and O–H groups in total. The molecule has 0 aliphatic carbocycles. The third kappa shape index (κ3) is 5.04. The molecule has 4 rings (SSSR count). The molecule has 2 nitrogen and oxygen atoms in total. The van der Waals surface area contributed by atoms with Crippen molar-refractivity contribution in [2.75, 3.05) is 0 Å². The average Bonchev–Trinajstić information content (AvgIpc) is 2.78. The maximum Gasteiger partial charge on any atom is 0.148 e. The van der Waals surface area contributed by atoms with Gasteiger partial charge in [-0.25, -0.2) is 4.39 Å². The third-order valence-corrected chi connectivity index (χ3v) is 5.99. The number of hydrogen-bond donors (Lipinski definition) is 0. The van der Waals surface area contributed by atoms with Crippen LogP contribution in [0.3, 0.4) is 0 Å². The summed E-state index contributed by atoms with van der Waals surface area (Å²) in [6.45, 7) is 0.313. The summed E-state index contributed by atoms with van der Waals surface area (Å²) in [5.74, 6) is 0.368. The smallest absolute Gasteiger partial charge is 0.148 e. The highest BCUT2D eigenvalue weighted by Crippen LogP contribution is 2.36. The second-order valence-electron chi connectivity index (χ2n) is 6.96. The summed E-state index contributed by atoms with van der Waals surface area (Å²) in [5, 5.41) is 12.0. The maximum atomic E-state index is 13.1. The Bertz CT molecular complexity index is 1300. The predicted molar refractivity (Wildman–Crippen MR) is 130 cm³/mol. The van der Waals surface area contributed by atoms with Crippen molar-refractivity contribution in [2.24, 2.45) is 0 Å². The molecular formula is C26H16Br2FNO. The number of allylic oxidation sites excluding steroid dienone is 1. The van der Waals surface area contributed by atoms with Gasteiger partial charge in [0.25, 0.3) is 0 Å². The second kappa shape index (κ2) is 9.47. The summed E-state index contributed by atoms with van der Waals surface area (Å²) in [6.07, 6.45) is 1.85. The lowest BCUT2D eigenvalue weighted by Crippen LogP contribution is -1.97. The van der Waals surface area contributed by atoms with Crippen LogP contribution in [0.15, 0.2) is 87.8 Å². The quantitative estimate of drug-likeness (QED) is 0.190. The largest absolute Gasteiger partial charge is 0.487 e. The Balaban J connectivity index is 1.60. The van der Waals surface area contributed by atoms with Crippen molar-refractivity contribution in [3.05, 3.63) is 110 Å². The fourth-order valence-corrected chi connectivity index (χ4v) is 4.69. The van der Waals surface area contributed by atoms with E-state index in [2.05, 4.69) is 37.9 Å². The SMILES string of the molecule is N#C/C(=C/c1cc(Br)c(OCc2ccc(F)cc2)c(Br)c1)c1ccc2ccccc2c1. The lowest BCUT2D eigenvalue weighted by atomic mass is 10.0. The van der Waals surface area contributed by atoms with E-state index in [9.17, 15) is 9.65 Å². The molecule has 0 spiro atoms. The first-order chi connectivity index (χ1) is 15.0. The molecule has 0 saturated carbocycles. The summed E-state index contributed by atoms with van der Waals surface area (Å²) >= 11 is 7.11. The minimum Gasteiger partial charge on any atom is -0.487 e. The van der Waals surface area contributed by atoms with Crippen LogP contribution in [0.1, 0.15) is 16.7 Å². The molecule has 0 aliphatic heterocycles. The first kappa shape index (κ1) is 21.3. The summed E-state index contributed by atoms with van der Waals surface area (Å²) in [7, 11) is 0.